The van der Waals surface area contributed by atoms with E-state index in [-0.39, 0.29) is 23.4 Å². The highest BCUT2D eigenvalue weighted by molar-refractivity contribution is 5.85. The van der Waals surface area contributed by atoms with Crippen molar-refractivity contribution in [3.05, 3.63) is 0 Å². The Kier molecular flexibility index (Phi) is 6.32. The number of carbonyl (C=O) groups is 2. The third kappa shape index (κ3) is 5.49. The third-order valence-corrected chi connectivity index (χ3v) is 3.05. The van der Waals surface area contributed by atoms with Crippen LogP contribution < -0.4 is 10.6 Å². The molecule has 18 heavy (non-hydrogen) atoms. The lowest BCUT2D eigenvalue weighted by Crippen LogP contribution is -2.54. The normalized spacial score (nSPS) is 14.8. The molecule has 106 valence electrons. The van der Waals surface area contributed by atoms with Gasteiger partial charge in [0.1, 0.15) is 0 Å². The van der Waals surface area contributed by atoms with Crippen molar-refractivity contribution in [3.63, 3.8) is 0 Å². The number of likely N-dealkylation sites (N-methyl/N-ethyl adjacent to an activating group) is 1. The summed E-state index contributed by atoms with van der Waals surface area (Å²) in [4.78, 5) is 25.1. The van der Waals surface area contributed by atoms with E-state index < -0.39 is 6.04 Å². The lowest BCUT2D eigenvalue weighted by atomic mass is 10.0. The zero-order valence-electron chi connectivity index (χ0n) is 12.6. The monoisotopic (exact) mass is 257 g/mol. The second-order valence-electron chi connectivity index (χ2n) is 5.57. The smallest absolute Gasteiger partial charge is 0.238 e. The molecule has 0 fully saturated rings. The Labute approximate surface area is 110 Å². The van der Waals surface area contributed by atoms with E-state index in [1.54, 1.807) is 27.9 Å². The molecule has 0 bridgehead atoms. The molecule has 2 amide bonds. The van der Waals surface area contributed by atoms with Crippen molar-refractivity contribution in [2.24, 2.45) is 0 Å². The minimum Gasteiger partial charge on any atom is -0.350 e. The van der Waals surface area contributed by atoms with Crippen molar-refractivity contribution in [2.45, 2.75) is 58.7 Å². The molecule has 0 aromatic heterocycles. The number of carbonyl (C=O) groups excluding carboxylic acids is 2. The van der Waals surface area contributed by atoms with E-state index in [1.165, 1.54) is 4.90 Å². The fraction of sp³-hybridized carbons (Fsp3) is 0.846. The Morgan fingerprint density at radius 2 is 1.67 bits per heavy atom. The number of amides is 2. The van der Waals surface area contributed by atoms with Gasteiger partial charge in [-0.05, 0) is 34.1 Å². The van der Waals surface area contributed by atoms with E-state index in [4.69, 9.17) is 0 Å². The first-order valence-electron chi connectivity index (χ1n) is 6.40. The van der Waals surface area contributed by atoms with Gasteiger partial charge in [-0.2, -0.15) is 0 Å². The quantitative estimate of drug-likeness (QED) is 0.738. The Balaban J connectivity index is 4.37. The first-order valence-corrected chi connectivity index (χ1v) is 6.40. The van der Waals surface area contributed by atoms with Gasteiger partial charge in [-0.25, -0.2) is 0 Å². The average Bonchev–Trinajstić information content (AvgIpc) is 2.26. The minimum absolute atomic E-state index is 0.0376. The Morgan fingerprint density at radius 3 is 2.06 bits per heavy atom. The number of nitrogens with one attached hydrogen (secondary N) is 2. The maximum atomic E-state index is 11.9. The predicted octanol–water partition coefficient (Wildman–Crippen LogP) is 0.746. The summed E-state index contributed by atoms with van der Waals surface area (Å²) in [5.41, 5.74) is -0.220. The van der Waals surface area contributed by atoms with Gasteiger partial charge in [-0.1, -0.05) is 6.92 Å². The van der Waals surface area contributed by atoms with Crippen molar-refractivity contribution in [1.29, 1.82) is 0 Å². The van der Waals surface area contributed by atoms with Crippen LogP contribution >= 0.6 is 0 Å². The van der Waals surface area contributed by atoms with Gasteiger partial charge in [0.15, 0.2) is 0 Å². The molecule has 0 radical (unpaired) electrons. The lowest BCUT2D eigenvalue weighted by molar-refractivity contribution is -0.131. The van der Waals surface area contributed by atoms with Crippen LogP contribution in [-0.4, -0.2) is 48.4 Å². The van der Waals surface area contributed by atoms with Crippen LogP contribution in [-0.2, 0) is 9.59 Å². The highest BCUT2D eigenvalue weighted by Gasteiger charge is 2.24. The van der Waals surface area contributed by atoms with Crippen molar-refractivity contribution in [2.75, 3.05) is 14.1 Å². The molecule has 0 aromatic rings. The van der Waals surface area contributed by atoms with Crippen molar-refractivity contribution in [3.8, 4) is 0 Å². The Bertz CT molecular complexity index is 301. The summed E-state index contributed by atoms with van der Waals surface area (Å²) in [6.45, 7) is 9.51. The highest BCUT2D eigenvalue weighted by Crippen LogP contribution is 2.07. The first-order chi connectivity index (χ1) is 8.10. The van der Waals surface area contributed by atoms with Crippen LogP contribution in [0.1, 0.15) is 41.0 Å². The van der Waals surface area contributed by atoms with Crippen LogP contribution in [0.4, 0.5) is 0 Å². The molecule has 2 atom stereocenters. The maximum Gasteiger partial charge on any atom is 0.238 e. The summed E-state index contributed by atoms with van der Waals surface area (Å²) < 4.78 is 0. The van der Waals surface area contributed by atoms with Crippen LogP contribution in [0.3, 0.4) is 0 Å². The Hall–Kier alpha value is -1.10. The molecule has 2 N–H and O–H groups in total. The zero-order valence-corrected chi connectivity index (χ0v) is 12.6. The predicted molar refractivity (Wildman–Crippen MR) is 73.3 cm³/mol. The van der Waals surface area contributed by atoms with Crippen LogP contribution in [0.5, 0.6) is 0 Å². The average molecular weight is 257 g/mol. The fourth-order valence-electron chi connectivity index (χ4n) is 1.44. The molecule has 0 rings (SSSR count). The van der Waals surface area contributed by atoms with E-state index >= 15 is 0 Å². The lowest BCUT2D eigenvalue weighted by Gasteiger charge is -2.28. The van der Waals surface area contributed by atoms with Crippen LogP contribution in [0.25, 0.3) is 0 Å². The van der Waals surface area contributed by atoms with Gasteiger partial charge in [0, 0.05) is 19.6 Å². The van der Waals surface area contributed by atoms with Gasteiger partial charge in [-0.15, -0.1) is 0 Å². The van der Waals surface area contributed by atoms with Crippen molar-refractivity contribution in [1.82, 2.24) is 15.5 Å². The van der Waals surface area contributed by atoms with Crippen molar-refractivity contribution < 1.29 is 9.59 Å². The van der Waals surface area contributed by atoms with E-state index in [1.807, 2.05) is 20.8 Å². The van der Waals surface area contributed by atoms with E-state index in [9.17, 15) is 9.59 Å². The summed E-state index contributed by atoms with van der Waals surface area (Å²) in [7, 11) is 3.40. The van der Waals surface area contributed by atoms with Crippen molar-refractivity contribution >= 4 is 11.8 Å². The topological polar surface area (TPSA) is 61.4 Å². The summed E-state index contributed by atoms with van der Waals surface area (Å²) in [5, 5.41) is 5.96. The second kappa shape index (κ2) is 6.73. The number of hydrogen-bond donors (Lipinski definition) is 2. The molecule has 5 nitrogen and oxygen atoms in total. The van der Waals surface area contributed by atoms with E-state index in [0.29, 0.717) is 0 Å². The molecular formula is C13H27N3O2. The molecule has 0 aromatic carbocycles. The molecule has 0 heterocycles. The number of rotatable bonds is 6. The minimum atomic E-state index is -0.394. The Morgan fingerprint density at radius 1 is 1.17 bits per heavy atom. The third-order valence-electron chi connectivity index (χ3n) is 3.05. The fourth-order valence-corrected chi connectivity index (χ4v) is 1.44. The zero-order chi connectivity index (χ0) is 14.5. The van der Waals surface area contributed by atoms with Crippen LogP contribution in [0, 0.1) is 0 Å². The number of hydrogen-bond acceptors (Lipinski definition) is 3. The first kappa shape index (κ1) is 16.9. The molecule has 0 aliphatic carbocycles. The van der Waals surface area contributed by atoms with E-state index in [2.05, 4.69) is 10.6 Å². The number of nitrogens with zero attached hydrogens (tertiary/aromatic N) is 1. The maximum absolute atomic E-state index is 11.9. The van der Waals surface area contributed by atoms with Crippen LogP contribution in [0.15, 0.2) is 0 Å². The molecule has 0 saturated heterocycles. The highest BCUT2D eigenvalue weighted by atomic mass is 16.2. The van der Waals surface area contributed by atoms with Crippen LogP contribution in [0.2, 0.25) is 0 Å². The standard InChI is InChI=1S/C13H27N3O2/c1-8-13(4,5)15-11(17)9(2)14-10(3)12(18)16(6)7/h9-10,14H,8H2,1-7H3,(H,15,17). The summed E-state index contributed by atoms with van der Waals surface area (Å²) in [6, 6.07) is -0.764. The molecule has 0 saturated carbocycles. The van der Waals surface area contributed by atoms with Gasteiger partial charge in [0.05, 0.1) is 12.1 Å². The van der Waals surface area contributed by atoms with Gasteiger partial charge < -0.3 is 10.2 Å². The molecule has 5 heteroatoms. The van der Waals surface area contributed by atoms with Gasteiger partial charge in [0.2, 0.25) is 11.8 Å². The molecule has 0 aliphatic rings. The van der Waals surface area contributed by atoms with E-state index in [0.717, 1.165) is 6.42 Å². The molecular weight excluding hydrogens is 230 g/mol. The molecule has 0 aliphatic heterocycles. The summed E-state index contributed by atoms with van der Waals surface area (Å²) in [6.07, 6.45) is 0.859. The second-order valence-corrected chi connectivity index (χ2v) is 5.57. The van der Waals surface area contributed by atoms with Gasteiger partial charge >= 0.3 is 0 Å². The summed E-state index contributed by atoms with van der Waals surface area (Å²) >= 11 is 0. The summed E-state index contributed by atoms with van der Waals surface area (Å²) in [5.74, 6) is -0.121. The largest absolute Gasteiger partial charge is 0.350 e. The van der Waals surface area contributed by atoms with Gasteiger partial charge in [-0.3, -0.25) is 14.9 Å². The SMILES string of the molecule is CCC(C)(C)NC(=O)C(C)NC(C)C(=O)N(C)C. The van der Waals surface area contributed by atoms with Gasteiger partial charge in [0.25, 0.3) is 0 Å². The molecule has 0 spiro atoms. The molecule has 2 unspecified atom stereocenters.